The van der Waals surface area contributed by atoms with Gasteiger partial charge in [0.05, 0.1) is 0 Å². The fraction of sp³-hybridized carbons (Fsp3) is 0.0833. The van der Waals surface area contributed by atoms with Crippen LogP contribution in [0.25, 0.3) is 10.8 Å². The van der Waals surface area contributed by atoms with Crippen molar-refractivity contribution in [3.8, 4) is 12.3 Å². The van der Waals surface area contributed by atoms with Gasteiger partial charge < -0.3 is 0 Å². The first-order chi connectivity index (χ1) is 7.15. The van der Waals surface area contributed by atoms with Crippen molar-refractivity contribution in [1.29, 1.82) is 0 Å². The number of hydrogen-bond donors (Lipinski definition) is 0. The molecule has 0 atom stereocenters. The number of terminal acetylenes is 1. The molecule has 0 saturated carbocycles. The van der Waals surface area contributed by atoms with Gasteiger partial charge in [0, 0.05) is 28.7 Å². The van der Waals surface area contributed by atoms with E-state index in [2.05, 4.69) is 10.9 Å². The maximum absolute atomic E-state index is 13.4. The molecule has 2 aromatic rings. The van der Waals surface area contributed by atoms with Gasteiger partial charge in [-0.05, 0) is 18.6 Å². The molecule has 0 saturated heterocycles. The zero-order chi connectivity index (χ0) is 11.0. The highest BCUT2D eigenvalue weighted by atomic mass is 19.2. The van der Waals surface area contributed by atoms with E-state index in [0.29, 0.717) is 10.9 Å². The normalized spacial score (nSPS) is 10.3. The zero-order valence-corrected chi connectivity index (χ0v) is 8.01. The lowest BCUT2D eigenvalue weighted by Crippen LogP contribution is -1.93. The van der Waals surface area contributed by atoms with Crippen LogP contribution in [0.5, 0.6) is 0 Å². The summed E-state index contributed by atoms with van der Waals surface area (Å²) in [6.45, 7) is 1.76. The first-order valence-electron chi connectivity index (χ1n) is 4.34. The molecule has 0 aliphatic carbocycles. The summed E-state index contributed by atoms with van der Waals surface area (Å²) in [6, 6.07) is 1.03. The second-order valence-corrected chi connectivity index (χ2v) is 3.24. The topological polar surface area (TPSA) is 12.9 Å². The standard InChI is InChI=1S/C12H7F2N/c1-3-8-4-10(13)12(14)9-6-15-5-7(2)11(8)9/h1,4-6H,2H3. The number of rotatable bonds is 0. The average molecular weight is 203 g/mol. The van der Waals surface area contributed by atoms with Crippen LogP contribution in [0.15, 0.2) is 18.5 Å². The lowest BCUT2D eigenvalue weighted by Gasteiger charge is -2.05. The predicted molar refractivity (Wildman–Crippen MR) is 54.3 cm³/mol. The van der Waals surface area contributed by atoms with Crippen molar-refractivity contribution in [2.24, 2.45) is 0 Å². The number of pyridine rings is 1. The number of aryl methyl sites for hydroxylation is 1. The summed E-state index contributed by atoms with van der Waals surface area (Å²) in [6.07, 6.45) is 8.09. The summed E-state index contributed by atoms with van der Waals surface area (Å²) in [5, 5.41) is 0.675. The van der Waals surface area contributed by atoms with Crippen LogP contribution in [0.2, 0.25) is 0 Å². The number of aromatic nitrogens is 1. The molecule has 1 heterocycles. The molecule has 3 heteroatoms. The van der Waals surface area contributed by atoms with Crippen LogP contribution in [0.3, 0.4) is 0 Å². The molecule has 0 radical (unpaired) electrons. The van der Waals surface area contributed by atoms with Crippen molar-refractivity contribution in [3.05, 3.63) is 41.2 Å². The van der Waals surface area contributed by atoms with Crippen LogP contribution in [0.1, 0.15) is 11.1 Å². The van der Waals surface area contributed by atoms with Crippen LogP contribution in [-0.2, 0) is 0 Å². The van der Waals surface area contributed by atoms with Crippen LogP contribution in [0, 0.1) is 30.9 Å². The molecule has 0 aliphatic rings. The number of fused-ring (bicyclic) bond motifs is 1. The molecule has 74 valence electrons. The molecular formula is C12H7F2N. The Kier molecular flexibility index (Phi) is 2.12. The minimum atomic E-state index is -0.942. The molecule has 0 N–H and O–H groups in total. The molecular weight excluding hydrogens is 196 g/mol. The Morgan fingerprint density at radius 3 is 2.73 bits per heavy atom. The molecule has 0 unspecified atom stereocenters. The Hall–Kier alpha value is -1.95. The Balaban J connectivity index is 3.05. The van der Waals surface area contributed by atoms with Crippen LogP contribution in [-0.4, -0.2) is 4.98 Å². The van der Waals surface area contributed by atoms with Gasteiger partial charge in [0.1, 0.15) is 0 Å². The van der Waals surface area contributed by atoms with Gasteiger partial charge in [-0.25, -0.2) is 8.78 Å². The van der Waals surface area contributed by atoms with E-state index in [1.807, 2.05) is 0 Å². The second-order valence-electron chi connectivity index (χ2n) is 3.24. The maximum Gasteiger partial charge on any atom is 0.168 e. The Morgan fingerprint density at radius 2 is 2.07 bits per heavy atom. The van der Waals surface area contributed by atoms with Gasteiger partial charge >= 0.3 is 0 Å². The summed E-state index contributed by atoms with van der Waals surface area (Å²) in [4.78, 5) is 3.81. The fourth-order valence-electron chi connectivity index (χ4n) is 1.59. The van der Waals surface area contributed by atoms with Crippen molar-refractivity contribution < 1.29 is 8.78 Å². The van der Waals surface area contributed by atoms with Gasteiger partial charge in [0.2, 0.25) is 0 Å². The van der Waals surface area contributed by atoms with Gasteiger partial charge in [-0.2, -0.15) is 0 Å². The molecule has 0 spiro atoms. The third kappa shape index (κ3) is 1.35. The minimum Gasteiger partial charge on any atom is -0.264 e. The highest BCUT2D eigenvalue weighted by molar-refractivity contribution is 5.90. The highest BCUT2D eigenvalue weighted by Crippen LogP contribution is 2.25. The molecule has 15 heavy (non-hydrogen) atoms. The van der Waals surface area contributed by atoms with Crippen molar-refractivity contribution in [2.75, 3.05) is 0 Å². The number of halogens is 2. The summed E-state index contributed by atoms with van der Waals surface area (Å²) in [7, 11) is 0. The predicted octanol–water partition coefficient (Wildman–Crippen LogP) is 2.80. The average Bonchev–Trinajstić information content (AvgIpc) is 2.23. The second kappa shape index (κ2) is 3.32. The maximum atomic E-state index is 13.4. The Morgan fingerprint density at radius 1 is 1.33 bits per heavy atom. The molecule has 0 aliphatic heterocycles. The molecule has 1 nitrogen and oxygen atoms in total. The van der Waals surface area contributed by atoms with E-state index in [1.165, 1.54) is 6.20 Å². The Bertz CT molecular complexity index is 582. The van der Waals surface area contributed by atoms with Crippen LogP contribution < -0.4 is 0 Å². The van der Waals surface area contributed by atoms with Crippen molar-refractivity contribution in [3.63, 3.8) is 0 Å². The molecule has 0 fully saturated rings. The molecule has 0 amide bonds. The van der Waals surface area contributed by atoms with Gasteiger partial charge in [-0.1, -0.05) is 5.92 Å². The molecule has 0 bridgehead atoms. The first kappa shape index (κ1) is 9.60. The van der Waals surface area contributed by atoms with Gasteiger partial charge in [-0.3, -0.25) is 4.98 Å². The van der Waals surface area contributed by atoms with Gasteiger partial charge in [0.25, 0.3) is 0 Å². The zero-order valence-electron chi connectivity index (χ0n) is 8.01. The van der Waals surface area contributed by atoms with Crippen molar-refractivity contribution in [2.45, 2.75) is 6.92 Å². The number of hydrogen-bond acceptors (Lipinski definition) is 1. The van der Waals surface area contributed by atoms with Gasteiger partial charge in [-0.15, -0.1) is 6.42 Å². The summed E-state index contributed by atoms with van der Waals surface area (Å²) >= 11 is 0. The molecule has 1 aromatic heterocycles. The smallest absolute Gasteiger partial charge is 0.168 e. The molecule has 2 rings (SSSR count). The highest BCUT2D eigenvalue weighted by Gasteiger charge is 2.12. The van der Waals surface area contributed by atoms with Crippen molar-refractivity contribution >= 4 is 10.8 Å². The van der Waals surface area contributed by atoms with E-state index in [1.54, 1.807) is 13.1 Å². The van der Waals surface area contributed by atoms with E-state index in [0.717, 1.165) is 11.6 Å². The van der Waals surface area contributed by atoms with Crippen molar-refractivity contribution in [1.82, 2.24) is 4.98 Å². The van der Waals surface area contributed by atoms with E-state index in [-0.39, 0.29) is 5.39 Å². The summed E-state index contributed by atoms with van der Waals surface area (Å²) in [5.41, 5.74) is 1.09. The minimum absolute atomic E-state index is 0.128. The number of benzene rings is 1. The van der Waals surface area contributed by atoms with E-state index < -0.39 is 11.6 Å². The van der Waals surface area contributed by atoms with Crippen LogP contribution in [0.4, 0.5) is 8.78 Å². The third-order valence-electron chi connectivity index (χ3n) is 2.28. The number of nitrogens with zero attached hydrogens (tertiary/aromatic N) is 1. The van der Waals surface area contributed by atoms with Crippen LogP contribution >= 0.6 is 0 Å². The van der Waals surface area contributed by atoms with E-state index in [4.69, 9.17) is 6.42 Å². The molecule has 1 aromatic carbocycles. The largest absolute Gasteiger partial charge is 0.264 e. The third-order valence-corrected chi connectivity index (χ3v) is 2.28. The quantitative estimate of drug-likeness (QED) is 0.600. The van der Waals surface area contributed by atoms with Gasteiger partial charge in [0.15, 0.2) is 11.6 Å². The van der Waals surface area contributed by atoms with E-state index >= 15 is 0 Å². The lowest BCUT2D eigenvalue weighted by atomic mass is 10.0. The monoisotopic (exact) mass is 203 g/mol. The first-order valence-corrected chi connectivity index (χ1v) is 4.34. The van der Waals surface area contributed by atoms with E-state index in [9.17, 15) is 8.78 Å². The SMILES string of the molecule is C#Cc1cc(F)c(F)c2cncc(C)c12. The fourth-order valence-corrected chi connectivity index (χ4v) is 1.59. The summed E-state index contributed by atoms with van der Waals surface area (Å²) < 4.78 is 26.5. The summed E-state index contributed by atoms with van der Waals surface area (Å²) in [5.74, 6) is 0.500. The lowest BCUT2D eigenvalue weighted by molar-refractivity contribution is 0.516. The Labute approximate surface area is 85.8 Å².